The number of halogens is 2. The molecular weight excluding hydrogens is 318 g/mol. The van der Waals surface area contributed by atoms with Gasteiger partial charge in [-0.25, -0.2) is 18.7 Å². The zero-order chi connectivity index (χ0) is 17.3. The Morgan fingerprint density at radius 1 is 1.25 bits per heavy atom. The van der Waals surface area contributed by atoms with Gasteiger partial charge in [0.25, 0.3) is 5.91 Å². The summed E-state index contributed by atoms with van der Waals surface area (Å²) < 4.78 is 31.6. The SMILES string of the molecule is COc1ncc(Nc2cc(F)cc(F)c2)nc1C(=O)NC1(C)CC1. The standard InChI is InChI=1S/C16H16F2N4O2/c1-16(3-4-16)22-14(23)13-15(24-2)19-8-12(21-13)20-11-6-9(17)5-10(18)7-11/h5-8H,3-4H2,1-2H3,(H,20,21)(H,22,23). The van der Waals surface area contributed by atoms with E-state index in [0.717, 1.165) is 31.0 Å². The number of nitrogens with zero attached hydrogens (tertiary/aromatic N) is 2. The highest BCUT2D eigenvalue weighted by Crippen LogP contribution is 2.34. The van der Waals surface area contributed by atoms with Gasteiger partial charge in [-0.05, 0) is 31.9 Å². The lowest BCUT2D eigenvalue weighted by atomic mass is 10.3. The second-order valence-electron chi connectivity index (χ2n) is 5.91. The monoisotopic (exact) mass is 334 g/mol. The van der Waals surface area contributed by atoms with Crippen molar-refractivity contribution in [2.24, 2.45) is 0 Å². The number of methoxy groups -OCH3 is 1. The molecular formula is C16H16F2N4O2. The van der Waals surface area contributed by atoms with E-state index in [0.29, 0.717) is 0 Å². The van der Waals surface area contributed by atoms with Crippen LogP contribution in [-0.2, 0) is 0 Å². The number of aromatic nitrogens is 2. The van der Waals surface area contributed by atoms with Crippen molar-refractivity contribution >= 4 is 17.4 Å². The molecule has 1 heterocycles. The zero-order valence-corrected chi connectivity index (χ0v) is 13.2. The number of anilines is 2. The molecule has 126 valence electrons. The van der Waals surface area contributed by atoms with Gasteiger partial charge in [0.15, 0.2) is 5.69 Å². The van der Waals surface area contributed by atoms with Crippen LogP contribution in [-0.4, -0.2) is 28.5 Å². The van der Waals surface area contributed by atoms with Crippen LogP contribution >= 0.6 is 0 Å². The van der Waals surface area contributed by atoms with Crippen molar-refractivity contribution < 1.29 is 18.3 Å². The average molecular weight is 334 g/mol. The van der Waals surface area contributed by atoms with E-state index in [4.69, 9.17) is 4.74 Å². The second-order valence-corrected chi connectivity index (χ2v) is 5.91. The number of amides is 1. The molecule has 1 amide bonds. The first-order valence-corrected chi connectivity index (χ1v) is 7.35. The number of carbonyl (C=O) groups is 1. The molecule has 2 aromatic rings. The Bertz CT molecular complexity index is 773. The number of hydrogen-bond acceptors (Lipinski definition) is 5. The topological polar surface area (TPSA) is 76.1 Å². The minimum absolute atomic E-state index is 0.00694. The van der Waals surface area contributed by atoms with Crippen molar-refractivity contribution in [1.82, 2.24) is 15.3 Å². The third-order valence-electron chi connectivity index (χ3n) is 3.70. The maximum absolute atomic E-state index is 13.2. The molecule has 0 aliphatic heterocycles. The Labute approximate surface area is 137 Å². The third-order valence-corrected chi connectivity index (χ3v) is 3.70. The molecule has 0 spiro atoms. The molecule has 0 atom stereocenters. The molecule has 1 aromatic heterocycles. The van der Waals surface area contributed by atoms with Gasteiger partial charge in [-0.15, -0.1) is 0 Å². The van der Waals surface area contributed by atoms with Crippen molar-refractivity contribution in [2.45, 2.75) is 25.3 Å². The van der Waals surface area contributed by atoms with Crippen molar-refractivity contribution in [2.75, 3.05) is 12.4 Å². The fraction of sp³-hybridized carbons (Fsp3) is 0.312. The molecule has 0 radical (unpaired) electrons. The zero-order valence-electron chi connectivity index (χ0n) is 13.2. The smallest absolute Gasteiger partial charge is 0.276 e. The van der Waals surface area contributed by atoms with Crippen LogP contribution in [0.15, 0.2) is 24.4 Å². The molecule has 6 nitrogen and oxygen atoms in total. The predicted octanol–water partition coefficient (Wildman–Crippen LogP) is 2.79. The van der Waals surface area contributed by atoms with Gasteiger partial charge in [0.05, 0.1) is 13.3 Å². The first-order chi connectivity index (χ1) is 11.4. The molecule has 1 aliphatic rings. The first-order valence-electron chi connectivity index (χ1n) is 7.35. The molecule has 0 saturated heterocycles. The summed E-state index contributed by atoms with van der Waals surface area (Å²) in [4.78, 5) is 20.5. The molecule has 1 aromatic carbocycles. The van der Waals surface area contributed by atoms with E-state index in [2.05, 4.69) is 20.6 Å². The van der Waals surface area contributed by atoms with Crippen molar-refractivity contribution in [3.63, 3.8) is 0 Å². The highest BCUT2D eigenvalue weighted by Gasteiger charge is 2.39. The Morgan fingerprint density at radius 3 is 2.50 bits per heavy atom. The van der Waals surface area contributed by atoms with Crippen LogP contribution in [0.5, 0.6) is 5.88 Å². The summed E-state index contributed by atoms with van der Waals surface area (Å²) in [6.07, 6.45) is 3.11. The maximum Gasteiger partial charge on any atom is 0.276 e. The van der Waals surface area contributed by atoms with Gasteiger partial charge in [-0.2, -0.15) is 0 Å². The van der Waals surface area contributed by atoms with Crippen LogP contribution in [0.2, 0.25) is 0 Å². The van der Waals surface area contributed by atoms with Crippen LogP contribution < -0.4 is 15.4 Å². The molecule has 0 bridgehead atoms. The fourth-order valence-corrected chi connectivity index (χ4v) is 2.16. The third kappa shape index (κ3) is 3.58. The lowest BCUT2D eigenvalue weighted by Gasteiger charge is -2.13. The quantitative estimate of drug-likeness (QED) is 0.879. The molecule has 1 aliphatic carbocycles. The molecule has 2 N–H and O–H groups in total. The van der Waals surface area contributed by atoms with Crippen molar-refractivity contribution in [1.29, 1.82) is 0 Å². The lowest BCUT2D eigenvalue weighted by Crippen LogP contribution is -2.35. The van der Waals surface area contributed by atoms with Gasteiger partial charge in [-0.3, -0.25) is 4.79 Å². The highest BCUT2D eigenvalue weighted by molar-refractivity contribution is 5.95. The summed E-state index contributed by atoms with van der Waals surface area (Å²) in [5, 5.41) is 5.58. The van der Waals surface area contributed by atoms with Crippen molar-refractivity contribution in [3.05, 3.63) is 41.7 Å². The normalized spacial score (nSPS) is 14.8. The van der Waals surface area contributed by atoms with Crippen LogP contribution in [0.3, 0.4) is 0 Å². The van der Waals surface area contributed by atoms with Crippen LogP contribution in [0.25, 0.3) is 0 Å². The number of hydrogen-bond donors (Lipinski definition) is 2. The summed E-state index contributed by atoms with van der Waals surface area (Å²) in [7, 11) is 1.38. The van der Waals surface area contributed by atoms with E-state index < -0.39 is 17.5 Å². The second kappa shape index (κ2) is 6.03. The van der Waals surface area contributed by atoms with E-state index in [9.17, 15) is 13.6 Å². The largest absolute Gasteiger partial charge is 0.479 e. The number of ether oxygens (including phenoxy) is 1. The average Bonchev–Trinajstić information content (AvgIpc) is 3.23. The molecule has 0 unspecified atom stereocenters. The number of nitrogens with one attached hydrogen (secondary N) is 2. The number of carbonyl (C=O) groups excluding carboxylic acids is 1. The molecule has 24 heavy (non-hydrogen) atoms. The number of rotatable bonds is 5. The van der Waals surface area contributed by atoms with Gasteiger partial charge in [0, 0.05) is 17.3 Å². The number of benzene rings is 1. The van der Waals surface area contributed by atoms with E-state index in [1.807, 2.05) is 6.92 Å². The van der Waals surface area contributed by atoms with E-state index in [-0.39, 0.29) is 28.6 Å². The fourth-order valence-electron chi connectivity index (χ4n) is 2.16. The minimum Gasteiger partial charge on any atom is -0.479 e. The molecule has 8 heteroatoms. The summed E-state index contributed by atoms with van der Waals surface area (Å²) in [6.45, 7) is 1.93. The van der Waals surface area contributed by atoms with E-state index in [1.165, 1.54) is 13.3 Å². The van der Waals surface area contributed by atoms with Crippen LogP contribution in [0.1, 0.15) is 30.3 Å². The maximum atomic E-state index is 13.2. The van der Waals surface area contributed by atoms with Gasteiger partial charge in [0.1, 0.15) is 17.5 Å². The Morgan fingerprint density at radius 2 is 1.92 bits per heavy atom. The summed E-state index contributed by atoms with van der Waals surface area (Å²) in [5.74, 6) is -1.61. The summed E-state index contributed by atoms with van der Waals surface area (Å²) in [6, 6.07) is 2.99. The predicted molar refractivity (Wildman–Crippen MR) is 83.3 cm³/mol. The lowest BCUT2D eigenvalue weighted by molar-refractivity contribution is 0.0926. The Hall–Kier alpha value is -2.77. The minimum atomic E-state index is -0.724. The Kier molecular flexibility index (Phi) is 4.04. The molecule has 1 fully saturated rings. The Balaban J connectivity index is 1.86. The first kappa shape index (κ1) is 16.1. The molecule has 1 saturated carbocycles. The van der Waals surface area contributed by atoms with E-state index >= 15 is 0 Å². The van der Waals surface area contributed by atoms with Crippen molar-refractivity contribution in [3.8, 4) is 5.88 Å². The van der Waals surface area contributed by atoms with Gasteiger partial charge < -0.3 is 15.4 Å². The highest BCUT2D eigenvalue weighted by atomic mass is 19.1. The van der Waals surface area contributed by atoms with Gasteiger partial charge in [-0.1, -0.05) is 0 Å². The van der Waals surface area contributed by atoms with Crippen LogP contribution in [0, 0.1) is 11.6 Å². The molecule has 3 rings (SSSR count). The van der Waals surface area contributed by atoms with Gasteiger partial charge >= 0.3 is 0 Å². The van der Waals surface area contributed by atoms with Crippen LogP contribution in [0.4, 0.5) is 20.3 Å². The summed E-state index contributed by atoms with van der Waals surface area (Å²) in [5.41, 5.74) is -0.0567. The van der Waals surface area contributed by atoms with E-state index in [1.54, 1.807) is 0 Å². The van der Waals surface area contributed by atoms with Gasteiger partial charge in [0.2, 0.25) is 5.88 Å². The summed E-state index contributed by atoms with van der Waals surface area (Å²) >= 11 is 0.